The van der Waals surface area contributed by atoms with E-state index in [1.54, 1.807) is 0 Å². The lowest BCUT2D eigenvalue weighted by Gasteiger charge is -2.19. The second-order valence-electron chi connectivity index (χ2n) is 8.13. The average molecular weight is 407 g/mol. The van der Waals surface area contributed by atoms with Crippen molar-refractivity contribution in [2.24, 2.45) is 7.05 Å². The van der Waals surface area contributed by atoms with Crippen LogP contribution in [0.25, 0.3) is 11.0 Å². The number of rotatable bonds is 6. The first-order valence-electron chi connectivity index (χ1n) is 10.8. The average Bonchev–Trinajstić information content (AvgIpc) is 2.90. The Morgan fingerprint density at radius 2 is 1.80 bits per heavy atom. The summed E-state index contributed by atoms with van der Waals surface area (Å²) in [7, 11) is 2.07. The number of carbonyl (C=O) groups is 1. The number of imidazole rings is 1. The number of aromatic nitrogens is 2. The van der Waals surface area contributed by atoms with Crippen molar-refractivity contribution in [2.45, 2.75) is 39.2 Å². The Labute approximate surface area is 177 Å². The van der Waals surface area contributed by atoms with Crippen molar-refractivity contribution >= 4 is 22.6 Å². The van der Waals surface area contributed by atoms with Crippen molar-refractivity contribution < 1.29 is 9.53 Å². The van der Waals surface area contributed by atoms with E-state index in [4.69, 9.17) is 9.72 Å². The number of anilines is 1. The Morgan fingerprint density at radius 1 is 1.07 bits per heavy atom. The molecule has 1 amide bonds. The zero-order valence-corrected chi connectivity index (χ0v) is 17.9. The maximum Gasteiger partial charge on any atom is 0.262 e. The Kier molecular flexibility index (Phi) is 6.33. The fraction of sp³-hybridized carbons (Fsp3) is 0.417. The summed E-state index contributed by atoms with van der Waals surface area (Å²) in [5.74, 6) is 1.57. The largest absolute Gasteiger partial charge is 0.484 e. The molecule has 0 unspecified atom stereocenters. The van der Waals surface area contributed by atoms with Gasteiger partial charge in [0.05, 0.1) is 17.6 Å². The van der Waals surface area contributed by atoms with Gasteiger partial charge in [-0.2, -0.15) is 0 Å². The van der Waals surface area contributed by atoms with Gasteiger partial charge >= 0.3 is 0 Å². The van der Waals surface area contributed by atoms with Crippen LogP contribution in [0, 0.1) is 6.92 Å². The molecule has 0 radical (unpaired) electrons. The zero-order valence-electron chi connectivity index (χ0n) is 17.9. The van der Waals surface area contributed by atoms with E-state index in [0.717, 1.165) is 47.7 Å². The summed E-state index contributed by atoms with van der Waals surface area (Å²) in [6.07, 6.45) is 5.20. The minimum atomic E-state index is -0.185. The fourth-order valence-corrected chi connectivity index (χ4v) is 3.94. The summed E-state index contributed by atoms with van der Waals surface area (Å²) >= 11 is 0. The van der Waals surface area contributed by atoms with E-state index in [9.17, 15) is 4.79 Å². The zero-order chi connectivity index (χ0) is 20.9. The Bertz CT molecular complexity index is 1000. The number of hydrogen-bond acceptors (Lipinski definition) is 4. The van der Waals surface area contributed by atoms with Crippen LogP contribution in [-0.4, -0.2) is 40.1 Å². The van der Waals surface area contributed by atoms with Gasteiger partial charge in [-0.1, -0.05) is 30.5 Å². The van der Waals surface area contributed by atoms with Crippen molar-refractivity contribution in [3.05, 3.63) is 53.9 Å². The topological polar surface area (TPSA) is 59.4 Å². The van der Waals surface area contributed by atoms with Crippen LogP contribution in [0.2, 0.25) is 0 Å². The first-order valence-corrected chi connectivity index (χ1v) is 10.8. The molecule has 30 heavy (non-hydrogen) atoms. The van der Waals surface area contributed by atoms with Crippen molar-refractivity contribution in [2.75, 3.05) is 25.0 Å². The lowest BCUT2D eigenvalue weighted by Crippen LogP contribution is -2.25. The SMILES string of the molecule is Cc1ccc(OCC(=O)Nc2ccc3c(c2)nc(CN2CCCCCC2)n3C)cc1. The molecule has 0 spiro atoms. The monoisotopic (exact) mass is 406 g/mol. The predicted octanol–water partition coefficient (Wildman–Crippen LogP) is 4.28. The molecule has 1 N–H and O–H groups in total. The maximum atomic E-state index is 12.3. The molecule has 1 fully saturated rings. The van der Waals surface area contributed by atoms with E-state index in [1.807, 2.05) is 49.4 Å². The van der Waals surface area contributed by atoms with E-state index in [-0.39, 0.29) is 12.5 Å². The summed E-state index contributed by atoms with van der Waals surface area (Å²) in [4.78, 5) is 19.6. The van der Waals surface area contributed by atoms with E-state index < -0.39 is 0 Å². The third-order valence-corrected chi connectivity index (χ3v) is 5.71. The summed E-state index contributed by atoms with van der Waals surface area (Å²) in [5.41, 5.74) is 3.87. The molecule has 1 aliphatic rings. The molecule has 0 bridgehead atoms. The van der Waals surface area contributed by atoms with Crippen LogP contribution in [0.4, 0.5) is 5.69 Å². The molecule has 6 heteroatoms. The number of carbonyl (C=O) groups excluding carboxylic acids is 1. The number of aryl methyl sites for hydroxylation is 2. The van der Waals surface area contributed by atoms with Gasteiger partial charge in [-0.3, -0.25) is 9.69 Å². The van der Waals surface area contributed by atoms with Crippen LogP contribution in [0.3, 0.4) is 0 Å². The Hall–Kier alpha value is -2.86. The molecule has 158 valence electrons. The molecule has 0 saturated carbocycles. The first kappa shape index (κ1) is 20.4. The Balaban J connectivity index is 1.39. The van der Waals surface area contributed by atoms with Crippen LogP contribution < -0.4 is 10.1 Å². The van der Waals surface area contributed by atoms with Gasteiger partial charge in [-0.25, -0.2) is 4.98 Å². The molecule has 1 saturated heterocycles. The molecular weight excluding hydrogens is 376 g/mol. The minimum absolute atomic E-state index is 0.0243. The van der Waals surface area contributed by atoms with Crippen molar-refractivity contribution in [1.82, 2.24) is 14.5 Å². The Morgan fingerprint density at radius 3 is 2.53 bits per heavy atom. The minimum Gasteiger partial charge on any atom is -0.484 e. The molecule has 3 aromatic rings. The number of fused-ring (bicyclic) bond motifs is 1. The highest BCUT2D eigenvalue weighted by atomic mass is 16.5. The van der Waals surface area contributed by atoms with Crippen molar-refractivity contribution in [3.63, 3.8) is 0 Å². The van der Waals surface area contributed by atoms with Gasteiger partial charge < -0.3 is 14.6 Å². The van der Waals surface area contributed by atoms with Gasteiger partial charge in [0, 0.05) is 12.7 Å². The van der Waals surface area contributed by atoms with Crippen LogP contribution in [0.1, 0.15) is 37.1 Å². The van der Waals surface area contributed by atoms with Gasteiger partial charge in [0.15, 0.2) is 6.61 Å². The molecule has 6 nitrogen and oxygen atoms in total. The summed E-state index contributed by atoms with van der Waals surface area (Å²) < 4.78 is 7.72. The van der Waals surface area contributed by atoms with E-state index in [2.05, 4.69) is 21.8 Å². The smallest absolute Gasteiger partial charge is 0.262 e. The van der Waals surface area contributed by atoms with Gasteiger partial charge in [-0.05, 0) is 63.2 Å². The number of ether oxygens (including phenoxy) is 1. The number of benzene rings is 2. The van der Waals surface area contributed by atoms with Crippen LogP contribution in [-0.2, 0) is 18.4 Å². The van der Waals surface area contributed by atoms with Crippen LogP contribution in [0.15, 0.2) is 42.5 Å². The van der Waals surface area contributed by atoms with E-state index in [0.29, 0.717) is 5.75 Å². The van der Waals surface area contributed by atoms with E-state index in [1.165, 1.54) is 25.7 Å². The highest BCUT2D eigenvalue weighted by Crippen LogP contribution is 2.21. The fourth-order valence-electron chi connectivity index (χ4n) is 3.94. The number of likely N-dealkylation sites (tertiary alicyclic amines) is 1. The second-order valence-corrected chi connectivity index (χ2v) is 8.13. The quantitative estimate of drug-likeness (QED) is 0.664. The summed E-state index contributed by atoms with van der Waals surface area (Å²) in [6, 6.07) is 13.5. The summed E-state index contributed by atoms with van der Waals surface area (Å²) in [5, 5.41) is 2.91. The number of amides is 1. The van der Waals surface area contributed by atoms with Gasteiger partial charge in [0.1, 0.15) is 11.6 Å². The molecule has 0 aliphatic carbocycles. The number of nitrogens with one attached hydrogen (secondary N) is 1. The summed E-state index contributed by atoms with van der Waals surface area (Å²) in [6.45, 7) is 5.15. The molecular formula is C24H30N4O2. The van der Waals surface area contributed by atoms with Gasteiger partial charge in [0.25, 0.3) is 5.91 Å². The molecule has 2 heterocycles. The third-order valence-electron chi connectivity index (χ3n) is 5.71. The lowest BCUT2D eigenvalue weighted by molar-refractivity contribution is -0.118. The van der Waals surface area contributed by atoms with Crippen LogP contribution >= 0.6 is 0 Å². The maximum absolute atomic E-state index is 12.3. The molecule has 4 rings (SSSR count). The van der Waals surface area contributed by atoms with Crippen LogP contribution in [0.5, 0.6) is 5.75 Å². The first-order chi connectivity index (χ1) is 14.6. The highest BCUT2D eigenvalue weighted by molar-refractivity contribution is 5.94. The molecule has 1 aromatic heterocycles. The van der Waals surface area contributed by atoms with Gasteiger partial charge in [-0.15, -0.1) is 0 Å². The highest BCUT2D eigenvalue weighted by Gasteiger charge is 2.15. The van der Waals surface area contributed by atoms with Crippen molar-refractivity contribution in [3.8, 4) is 5.75 Å². The number of hydrogen-bond donors (Lipinski definition) is 1. The van der Waals surface area contributed by atoms with Gasteiger partial charge in [0.2, 0.25) is 0 Å². The second kappa shape index (κ2) is 9.30. The standard InChI is InChI=1S/C24H30N4O2/c1-18-7-10-20(11-8-18)30-17-24(29)25-19-9-12-22-21(15-19)26-23(27(22)2)16-28-13-5-3-4-6-14-28/h7-12,15H,3-6,13-14,16-17H2,1-2H3,(H,25,29). The number of nitrogens with zero attached hydrogens (tertiary/aromatic N) is 3. The molecule has 0 atom stereocenters. The molecule has 2 aromatic carbocycles. The third kappa shape index (κ3) is 5.00. The molecule has 1 aliphatic heterocycles. The predicted molar refractivity (Wildman–Crippen MR) is 120 cm³/mol. The normalized spacial score (nSPS) is 15.1. The van der Waals surface area contributed by atoms with E-state index >= 15 is 0 Å². The van der Waals surface area contributed by atoms with Crippen molar-refractivity contribution in [1.29, 1.82) is 0 Å². The lowest BCUT2D eigenvalue weighted by atomic mass is 10.2.